The molecule has 6 heteroatoms. The molecule has 2 aromatic heterocycles. The lowest BCUT2D eigenvalue weighted by Crippen LogP contribution is -2.10. The first kappa shape index (κ1) is 10.1. The number of oxime groups is 1. The molecule has 2 rings (SSSR count). The van der Waals surface area contributed by atoms with Gasteiger partial charge in [-0.05, 0) is 19.1 Å². The van der Waals surface area contributed by atoms with Crippen molar-refractivity contribution in [3.8, 4) is 10.6 Å². The van der Waals surface area contributed by atoms with Crippen LogP contribution in [-0.2, 0) is 0 Å². The van der Waals surface area contributed by atoms with Crippen LogP contribution in [0.1, 0.15) is 9.88 Å². The van der Waals surface area contributed by atoms with Gasteiger partial charge in [-0.2, -0.15) is 0 Å². The molecule has 2 heterocycles. The van der Waals surface area contributed by atoms with E-state index in [4.69, 9.17) is 10.9 Å². The normalized spacial score (nSPS) is 11.9. The highest BCUT2D eigenvalue weighted by molar-refractivity contribution is 7.17. The van der Waals surface area contributed by atoms with Gasteiger partial charge in [0.15, 0.2) is 5.84 Å². The Labute approximate surface area is 94.7 Å². The number of thiophene rings is 1. The quantitative estimate of drug-likeness (QED) is 0.365. The minimum atomic E-state index is 0.137. The van der Waals surface area contributed by atoms with Crippen LogP contribution in [0.5, 0.6) is 0 Å². The van der Waals surface area contributed by atoms with E-state index in [2.05, 4.69) is 10.1 Å². The van der Waals surface area contributed by atoms with Crippen LogP contribution in [0.2, 0.25) is 0 Å². The van der Waals surface area contributed by atoms with Crippen molar-refractivity contribution in [2.24, 2.45) is 10.9 Å². The van der Waals surface area contributed by atoms with E-state index in [0.29, 0.717) is 0 Å². The van der Waals surface area contributed by atoms with Gasteiger partial charge < -0.3 is 10.9 Å². The Kier molecular flexibility index (Phi) is 2.70. The minimum absolute atomic E-state index is 0.137. The zero-order valence-electron chi connectivity index (χ0n) is 7.97. The number of hydrogen-bond donors (Lipinski definition) is 2. The van der Waals surface area contributed by atoms with Crippen LogP contribution in [0.3, 0.4) is 0 Å². The van der Waals surface area contributed by atoms with Crippen molar-refractivity contribution in [3.63, 3.8) is 0 Å². The van der Waals surface area contributed by atoms with Crippen LogP contribution < -0.4 is 5.73 Å². The van der Waals surface area contributed by atoms with E-state index in [9.17, 15) is 0 Å². The lowest BCUT2D eigenvalue weighted by Gasteiger charge is -1.90. The lowest BCUT2D eigenvalue weighted by molar-refractivity contribution is 0.319. The number of rotatable bonds is 2. The first-order chi connectivity index (χ1) is 7.20. The highest BCUT2D eigenvalue weighted by Gasteiger charge is 2.08. The number of hydrogen-bond acceptors (Lipinski definition) is 5. The van der Waals surface area contributed by atoms with Crippen LogP contribution >= 0.6 is 22.7 Å². The SMILES string of the molecule is Cc1nc(-c2ccc(/C(N)=N/O)s2)cs1. The van der Waals surface area contributed by atoms with E-state index in [-0.39, 0.29) is 5.84 Å². The van der Waals surface area contributed by atoms with E-state index in [0.717, 1.165) is 20.5 Å². The summed E-state index contributed by atoms with van der Waals surface area (Å²) in [6, 6.07) is 3.75. The van der Waals surface area contributed by atoms with Gasteiger partial charge in [-0.15, -0.1) is 22.7 Å². The summed E-state index contributed by atoms with van der Waals surface area (Å²) in [4.78, 5) is 6.14. The van der Waals surface area contributed by atoms with E-state index < -0.39 is 0 Å². The summed E-state index contributed by atoms with van der Waals surface area (Å²) < 4.78 is 0. The summed E-state index contributed by atoms with van der Waals surface area (Å²) in [5.74, 6) is 0.137. The van der Waals surface area contributed by atoms with Crippen LogP contribution in [0.4, 0.5) is 0 Å². The lowest BCUT2D eigenvalue weighted by atomic mass is 10.3. The molecule has 0 unspecified atom stereocenters. The first-order valence-electron chi connectivity index (χ1n) is 4.21. The summed E-state index contributed by atoms with van der Waals surface area (Å²) in [6.45, 7) is 1.96. The second-order valence-corrected chi connectivity index (χ2v) is 5.05. The van der Waals surface area contributed by atoms with Crippen molar-refractivity contribution in [1.82, 2.24) is 4.98 Å². The molecule has 0 atom stereocenters. The van der Waals surface area contributed by atoms with Gasteiger partial charge in [0.2, 0.25) is 0 Å². The van der Waals surface area contributed by atoms with Gasteiger partial charge in [-0.25, -0.2) is 4.98 Å². The maximum Gasteiger partial charge on any atom is 0.180 e. The van der Waals surface area contributed by atoms with E-state index in [1.807, 2.05) is 24.4 Å². The molecule has 0 aliphatic heterocycles. The van der Waals surface area contributed by atoms with E-state index >= 15 is 0 Å². The Morgan fingerprint density at radius 3 is 2.93 bits per heavy atom. The topological polar surface area (TPSA) is 71.5 Å². The molecular formula is C9H9N3OS2. The van der Waals surface area contributed by atoms with E-state index in [1.165, 1.54) is 11.3 Å². The molecule has 0 fully saturated rings. The average Bonchev–Trinajstić information content (AvgIpc) is 2.84. The molecule has 4 nitrogen and oxygen atoms in total. The molecule has 0 amide bonds. The zero-order valence-corrected chi connectivity index (χ0v) is 9.60. The van der Waals surface area contributed by atoms with Crippen LogP contribution in [0.15, 0.2) is 22.7 Å². The third-order valence-corrected chi connectivity index (χ3v) is 3.74. The van der Waals surface area contributed by atoms with E-state index in [1.54, 1.807) is 11.3 Å². The molecular weight excluding hydrogens is 230 g/mol. The molecule has 0 saturated heterocycles. The molecule has 15 heavy (non-hydrogen) atoms. The van der Waals surface area contributed by atoms with Gasteiger partial charge in [0, 0.05) is 5.38 Å². The van der Waals surface area contributed by atoms with Crippen molar-refractivity contribution in [2.75, 3.05) is 0 Å². The molecule has 0 bridgehead atoms. The van der Waals surface area contributed by atoms with Crippen molar-refractivity contribution in [2.45, 2.75) is 6.92 Å². The molecule has 0 saturated carbocycles. The number of nitrogens with zero attached hydrogens (tertiary/aromatic N) is 2. The Morgan fingerprint density at radius 1 is 1.53 bits per heavy atom. The number of aromatic nitrogens is 1. The Hall–Kier alpha value is -1.40. The molecule has 0 aromatic carbocycles. The third-order valence-electron chi connectivity index (χ3n) is 1.84. The monoisotopic (exact) mass is 239 g/mol. The van der Waals surface area contributed by atoms with Crippen LogP contribution in [-0.4, -0.2) is 16.0 Å². The number of thiazole rings is 1. The fraction of sp³-hybridized carbons (Fsp3) is 0.111. The first-order valence-corrected chi connectivity index (χ1v) is 5.90. The van der Waals surface area contributed by atoms with Crippen molar-refractivity contribution >= 4 is 28.5 Å². The fourth-order valence-electron chi connectivity index (χ4n) is 1.14. The number of aryl methyl sites for hydroxylation is 1. The standard InChI is InChI=1S/C9H9N3OS2/c1-5-11-6(4-14-5)7-2-3-8(15-7)9(10)12-13/h2-4,13H,1H3,(H2,10,12). The van der Waals surface area contributed by atoms with Crippen molar-refractivity contribution in [1.29, 1.82) is 0 Å². The Morgan fingerprint density at radius 2 is 2.33 bits per heavy atom. The maximum absolute atomic E-state index is 8.53. The largest absolute Gasteiger partial charge is 0.409 e. The van der Waals surface area contributed by atoms with Crippen LogP contribution in [0.25, 0.3) is 10.6 Å². The summed E-state index contributed by atoms with van der Waals surface area (Å²) in [7, 11) is 0. The van der Waals surface area contributed by atoms with Gasteiger partial charge in [-0.3, -0.25) is 0 Å². The predicted octanol–water partition coefficient (Wildman–Crippen LogP) is 2.27. The zero-order chi connectivity index (χ0) is 10.8. The summed E-state index contributed by atoms with van der Waals surface area (Å²) in [5.41, 5.74) is 6.43. The number of nitrogens with two attached hydrogens (primary N) is 1. The summed E-state index contributed by atoms with van der Waals surface area (Å²) in [6.07, 6.45) is 0. The smallest absolute Gasteiger partial charge is 0.180 e. The molecule has 2 aromatic rings. The number of amidine groups is 1. The maximum atomic E-state index is 8.53. The van der Waals surface area contributed by atoms with Crippen molar-refractivity contribution < 1.29 is 5.21 Å². The summed E-state index contributed by atoms with van der Waals surface area (Å²) >= 11 is 3.07. The van der Waals surface area contributed by atoms with Gasteiger partial charge in [0.05, 0.1) is 20.5 Å². The fourth-order valence-corrected chi connectivity index (χ4v) is 2.69. The molecule has 78 valence electrons. The molecule has 0 spiro atoms. The van der Waals surface area contributed by atoms with Gasteiger partial charge in [0.25, 0.3) is 0 Å². The average molecular weight is 239 g/mol. The molecule has 0 radical (unpaired) electrons. The minimum Gasteiger partial charge on any atom is -0.409 e. The molecule has 0 aliphatic rings. The Bertz CT molecular complexity index is 501. The van der Waals surface area contributed by atoms with Gasteiger partial charge in [-0.1, -0.05) is 5.16 Å². The second-order valence-electron chi connectivity index (χ2n) is 2.90. The van der Waals surface area contributed by atoms with Crippen LogP contribution in [0, 0.1) is 6.92 Å². The highest BCUT2D eigenvalue weighted by Crippen LogP contribution is 2.28. The highest BCUT2D eigenvalue weighted by atomic mass is 32.1. The summed E-state index contributed by atoms with van der Waals surface area (Å²) in [5, 5.41) is 14.5. The van der Waals surface area contributed by atoms with Crippen molar-refractivity contribution in [3.05, 3.63) is 27.4 Å². The Balaban J connectivity index is 2.35. The van der Waals surface area contributed by atoms with Gasteiger partial charge >= 0.3 is 0 Å². The van der Waals surface area contributed by atoms with Gasteiger partial charge in [0.1, 0.15) is 0 Å². The second kappa shape index (κ2) is 4.00. The molecule has 0 aliphatic carbocycles. The predicted molar refractivity (Wildman–Crippen MR) is 62.7 cm³/mol. The molecule has 3 N–H and O–H groups in total. The third kappa shape index (κ3) is 2.00.